The molecule has 0 bridgehead atoms. The summed E-state index contributed by atoms with van der Waals surface area (Å²) in [5.41, 5.74) is 4.47. The fraction of sp³-hybridized carbons (Fsp3) is 0.133. The van der Waals surface area contributed by atoms with Crippen LogP contribution in [0, 0.1) is 6.92 Å². The highest BCUT2D eigenvalue weighted by atomic mass is 16.7. The van der Waals surface area contributed by atoms with Gasteiger partial charge in [-0.3, -0.25) is 0 Å². The number of benzene rings is 2. The van der Waals surface area contributed by atoms with Crippen LogP contribution >= 0.6 is 0 Å². The highest BCUT2D eigenvalue weighted by Gasteiger charge is 2.18. The third-order valence-corrected chi connectivity index (χ3v) is 5.64. The van der Waals surface area contributed by atoms with Crippen molar-refractivity contribution in [2.75, 3.05) is 21.0 Å². The predicted molar refractivity (Wildman–Crippen MR) is 140 cm³/mol. The number of methoxy groups -OCH3 is 2. The number of ether oxygens (including phenoxy) is 4. The lowest BCUT2D eigenvalue weighted by Crippen LogP contribution is -2.03. The van der Waals surface area contributed by atoms with Gasteiger partial charge in [-0.05, 0) is 59.2 Å². The molecule has 0 aliphatic carbocycles. The maximum Gasteiger partial charge on any atom is 0.330 e. The van der Waals surface area contributed by atoms with Gasteiger partial charge in [0, 0.05) is 23.3 Å². The summed E-state index contributed by atoms with van der Waals surface area (Å²) in [7, 11) is 2.70. The second-order valence-electron chi connectivity index (χ2n) is 8.06. The molecule has 182 valence electrons. The first-order valence-electron chi connectivity index (χ1n) is 11.3. The van der Waals surface area contributed by atoms with E-state index in [9.17, 15) is 9.59 Å². The van der Waals surface area contributed by atoms with Gasteiger partial charge in [0.2, 0.25) is 6.79 Å². The monoisotopic (exact) mass is 482 g/mol. The molecule has 0 amide bonds. The average Bonchev–Trinajstić information content (AvgIpc) is 3.07. The molecule has 1 aliphatic heterocycles. The number of rotatable bonds is 4. The van der Waals surface area contributed by atoms with Gasteiger partial charge in [-0.1, -0.05) is 54.1 Å². The summed E-state index contributed by atoms with van der Waals surface area (Å²) in [6.45, 7) is 2.06. The minimum Gasteiger partial charge on any atom is -0.466 e. The highest BCUT2D eigenvalue weighted by Crippen LogP contribution is 2.43. The lowest BCUT2D eigenvalue weighted by atomic mass is 9.95. The van der Waals surface area contributed by atoms with Crippen molar-refractivity contribution in [2.45, 2.75) is 6.92 Å². The van der Waals surface area contributed by atoms with E-state index in [1.165, 1.54) is 26.4 Å². The van der Waals surface area contributed by atoms with Gasteiger partial charge in [-0.2, -0.15) is 0 Å². The van der Waals surface area contributed by atoms with Crippen molar-refractivity contribution >= 4 is 34.9 Å². The summed E-state index contributed by atoms with van der Waals surface area (Å²) < 4.78 is 21.3. The van der Waals surface area contributed by atoms with Gasteiger partial charge >= 0.3 is 11.9 Å². The maximum absolute atomic E-state index is 11.6. The van der Waals surface area contributed by atoms with Crippen molar-refractivity contribution < 1.29 is 28.5 Å². The summed E-state index contributed by atoms with van der Waals surface area (Å²) in [5, 5.41) is 1.97. The quantitative estimate of drug-likeness (QED) is 0.334. The molecular formula is C30H26O6. The van der Waals surface area contributed by atoms with Crippen LogP contribution in [-0.4, -0.2) is 33.0 Å². The van der Waals surface area contributed by atoms with E-state index in [2.05, 4.69) is 4.74 Å². The van der Waals surface area contributed by atoms with Gasteiger partial charge < -0.3 is 18.9 Å². The second kappa shape index (κ2) is 11.2. The lowest BCUT2D eigenvalue weighted by Gasteiger charge is -2.11. The van der Waals surface area contributed by atoms with E-state index in [0.717, 1.165) is 38.6 Å². The largest absolute Gasteiger partial charge is 0.466 e. The SMILES string of the molecule is COC(=O)/C=C/c1cccc2c(ccc(C)c1)OCOc1ccc3cc(/C=C/C(=O)OC)ccc3c1-2. The number of esters is 2. The Hall–Kier alpha value is -4.58. The standard InChI is InChI=1S/C30H26O6/c1-20-7-13-26-25(6-4-5-21(17-20)9-15-28(31)33-2)30-24-12-8-22(10-16-29(32)34-3)18-23(24)11-14-27(30)36-19-35-26/h4-18H,19H2,1-3H3/b5-4?,6-4?,13-7?,15-9+,16-10+,20-7?,20-17?,21-5?,21-17?,25-6?,26-13?. The number of hydrogen-bond acceptors (Lipinski definition) is 6. The minimum absolute atomic E-state index is 0.0845. The topological polar surface area (TPSA) is 71.1 Å². The Morgan fingerprint density at radius 2 is 1.44 bits per heavy atom. The molecule has 0 N–H and O–H groups in total. The Balaban J connectivity index is 1.89. The molecular weight excluding hydrogens is 456 g/mol. The van der Waals surface area contributed by atoms with Crippen molar-refractivity contribution in [3.05, 3.63) is 95.6 Å². The van der Waals surface area contributed by atoms with Crippen LogP contribution < -0.4 is 9.47 Å². The van der Waals surface area contributed by atoms with E-state index < -0.39 is 11.9 Å². The highest BCUT2D eigenvalue weighted by molar-refractivity contribution is 6.02. The lowest BCUT2D eigenvalue weighted by molar-refractivity contribution is -0.135. The maximum atomic E-state index is 11.6. The van der Waals surface area contributed by atoms with Crippen LogP contribution in [0.3, 0.4) is 0 Å². The number of aryl methyl sites for hydroxylation is 1. The molecule has 0 saturated carbocycles. The molecule has 3 aromatic carbocycles. The third-order valence-electron chi connectivity index (χ3n) is 5.64. The van der Waals surface area contributed by atoms with Gasteiger partial charge in [0.15, 0.2) is 0 Å². The Morgan fingerprint density at radius 3 is 2.17 bits per heavy atom. The van der Waals surface area contributed by atoms with E-state index in [0.29, 0.717) is 11.5 Å². The van der Waals surface area contributed by atoms with Crippen molar-refractivity contribution in [1.82, 2.24) is 0 Å². The molecule has 0 atom stereocenters. The van der Waals surface area contributed by atoms with Crippen molar-refractivity contribution in [2.24, 2.45) is 0 Å². The molecule has 4 rings (SSSR count). The molecule has 1 aliphatic rings. The Kier molecular flexibility index (Phi) is 7.66. The van der Waals surface area contributed by atoms with Gasteiger partial charge in [0.05, 0.1) is 14.2 Å². The molecule has 6 nitrogen and oxygen atoms in total. The van der Waals surface area contributed by atoms with E-state index in [4.69, 9.17) is 14.2 Å². The minimum atomic E-state index is -0.418. The molecule has 1 heterocycles. The predicted octanol–water partition coefficient (Wildman–Crippen LogP) is 6.04. The number of carbonyl (C=O) groups excluding carboxylic acids is 2. The molecule has 0 spiro atoms. The summed E-state index contributed by atoms with van der Waals surface area (Å²) in [6, 6.07) is 21.5. The van der Waals surface area contributed by atoms with E-state index in [1.807, 2.05) is 73.7 Å². The molecule has 0 unspecified atom stereocenters. The van der Waals surface area contributed by atoms with Gasteiger partial charge in [0.1, 0.15) is 11.5 Å². The Morgan fingerprint density at radius 1 is 0.778 bits per heavy atom. The number of hydrogen-bond donors (Lipinski definition) is 0. The zero-order chi connectivity index (χ0) is 25.5. The second-order valence-corrected chi connectivity index (χ2v) is 8.06. The van der Waals surface area contributed by atoms with Crippen LogP contribution in [0.15, 0.2) is 78.9 Å². The number of carbonyl (C=O) groups is 2. The average molecular weight is 483 g/mol. The summed E-state index contributed by atoms with van der Waals surface area (Å²) in [6.07, 6.45) is 6.22. The molecule has 36 heavy (non-hydrogen) atoms. The van der Waals surface area contributed by atoms with Gasteiger partial charge in [0.25, 0.3) is 0 Å². The first-order valence-corrected chi connectivity index (χ1v) is 11.3. The fourth-order valence-corrected chi connectivity index (χ4v) is 3.88. The molecule has 6 heteroatoms. The first-order chi connectivity index (χ1) is 17.5. The third kappa shape index (κ3) is 5.73. The Labute approximate surface area is 209 Å². The zero-order valence-electron chi connectivity index (χ0n) is 20.3. The van der Waals surface area contributed by atoms with E-state index in [-0.39, 0.29) is 6.79 Å². The van der Waals surface area contributed by atoms with Crippen LogP contribution in [0.25, 0.3) is 34.1 Å². The van der Waals surface area contributed by atoms with E-state index in [1.54, 1.807) is 12.2 Å². The summed E-state index contributed by atoms with van der Waals surface area (Å²) in [4.78, 5) is 23.0. The van der Waals surface area contributed by atoms with Crippen molar-refractivity contribution in [3.8, 4) is 22.6 Å². The van der Waals surface area contributed by atoms with Crippen LogP contribution in [0.4, 0.5) is 0 Å². The first kappa shape index (κ1) is 24.5. The molecule has 0 fully saturated rings. The van der Waals surface area contributed by atoms with Gasteiger partial charge in [-0.15, -0.1) is 0 Å². The van der Waals surface area contributed by atoms with Crippen molar-refractivity contribution in [1.29, 1.82) is 0 Å². The molecule has 0 radical (unpaired) electrons. The van der Waals surface area contributed by atoms with Crippen LogP contribution in [0.5, 0.6) is 11.5 Å². The molecule has 0 saturated heterocycles. The smallest absolute Gasteiger partial charge is 0.330 e. The van der Waals surface area contributed by atoms with Crippen LogP contribution in [0.1, 0.15) is 16.7 Å². The van der Waals surface area contributed by atoms with Crippen molar-refractivity contribution in [3.63, 3.8) is 0 Å². The fourth-order valence-electron chi connectivity index (χ4n) is 3.88. The van der Waals surface area contributed by atoms with Gasteiger partial charge in [-0.25, -0.2) is 9.59 Å². The summed E-state index contributed by atoms with van der Waals surface area (Å²) >= 11 is 0. The number of fused-ring (bicyclic) bond motifs is 5. The van der Waals surface area contributed by atoms with Crippen LogP contribution in [0.2, 0.25) is 0 Å². The molecule has 0 aromatic heterocycles. The zero-order valence-corrected chi connectivity index (χ0v) is 20.3. The molecule has 3 aromatic rings. The summed E-state index contributed by atoms with van der Waals surface area (Å²) in [5.74, 6) is 0.567. The van der Waals surface area contributed by atoms with E-state index >= 15 is 0 Å². The normalized spacial score (nSPS) is 12.1. The Bertz CT molecular complexity index is 1430. The van der Waals surface area contributed by atoms with Crippen LogP contribution in [-0.2, 0) is 19.1 Å².